The van der Waals surface area contributed by atoms with Crippen molar-refractivity contribution in [2.45, 2.75) is 65.5 Å². The van der Waals surface area contributed by atoms with E-state index in [1.807, 2.05) is 0 Å². The third-order valence-electron chi connectivity index (χ3n) is 4.00. The van der Waals surface area contributed by atoms with Crippen LogP contribution in [0.3, 0.4) is 0 Å². The predicted molar refractivity (Wildman–Crippen MR) is 89.0 cm³/mol. The Labute approximate surface area is 125 Å². The van der Waals surface area contributed by atoms with Crippen LogP contribution < -0.4 is 5.73 Å². The molecule has 1 aromatic rings. The molecule has 1 rings (SSSR count). The highest BCUT2D eigenvalue weighted by Gasteiger charge is 2.24. The van der Waals surface area contributed by atoms with Crippen molar-refractivity contribution in [2.24, 2.45) is 5.73 Å². The molecule has 0 amide bonds. The highest BCUT2D eigenvalue weighted by atomic mass is 15.2. The second kappa shape index (κ2) is 9.15. The molecule has 2 N–H and O–H groups in total. The summed E-state index contributed by atoms with van der Waals surface area (Å²) in [5, 5.41) is 0. The van der Waals surface area contributed by atoms with Gasteiger partial charge in [-0.15, -0.1) is 0 Å². The number of nitrogens with zero attached hydrogens (tertiary/aromatic N) is 1. The lowest BCUT2D eigenvalue weighted by molar-refractivity contribution is 0.170. The molecule has 2 atom stereocenters. The Kier molecular flexibility index (Phi) is 7.86. The molecule has 0 aliphatic heterocycles. The molecule has 0 bridgehead atoms. The van der Waals surface area contributed by atoms with Gasteiger partial charge in [0.2, 0.25) is 0 Å². The Bertz CT molecular complexity index is 365. The summed E-state index contributed by atoms with van der Waals surface area (Å²) in [6.45, 7) is 11.2. The van der Waals surface area contributed by atoms with Crippen LogP contribution in [0.4, 0.5) is 0 Å². The maximum Gasteiger partial charge on any atom is 0.0499 e. The Morgan fingerprint density at radius 2 is 1.60 bits per heavy atom. The first-order chi connectivity index (χ1) is 9.61. The van der Waals surface area contributed by atoms with Crippen LogP contribution in [0.25, 0.3) is 0 Å². The lowest BCUT2D eigenvalue weighted by Gasteiger charge is -2.35. The topological polar surface area (TPSA) is 29.3 Å². The fourth-order valence-corrected chi connectivity index (χ4v) is 2.84. The first-order valence-corrected chi connectivity index (χ1v) is 8.16. The normalized spacial score (nSPS) is 14.5. The second-order valence-corrected chi connectivity index (χ2v) is 5.90. The Morgan fingerprint density at radius 1 is 1.05 bits per heavy atom. The van der Waals surface area contributed by atoms with Crippen LogP contribution in [-0.2, 0) is 0 Å². The van der Waals surface area contributed by atoms with Crippen molar-refractivity contribution in [3.63, 3.8) is 0 Å². The number of hydrogen-bond donors (Lipinski definition) is 1. The highest BCUT2D eigenvalue weighted by molar-refractivity contribution is 5.29. The standard InChI is InChI=1S/C18H32N2/c1-5-7-13-20(14-8-6-2)18(16(4)19)17-12-10-9-11-15(17)3/h9-12,16,18H,5-8,13-14,19H2,1-4H3. The van der Waals surface area contributed by atoms with Gasteiger partial charge in [-0.25, -0.2) is 0 Å². The summed E-state index contributed by atoms with van der Waals surface area (Å²) < 4.78 is 0. The van der Waals surface area contributed by atoms with E-state index in [0.29, 0.717) is 6.04 Å². The van der Waals surface area contributed by atoms with Crippen LogP contribution in [0.2, 0.25) is 0 Å². The molecule has 0 radical (unpaired) electrons. The first-order valence-electron chi connectivity index (χ1n) is 8.16. The molecule has 2 unspecified atom stereocenters. The quantitative estimate of drug-likeness (QED) is 0.729. The summed E-state index contributed by atoms with van der Waals surface area (Å²) in [6, 6.07) is 9.19. The molecule has 0 spiro atoms. The number of nitrogens with two attached hydrogens (primary N) is 1. The Morgan fingerprint density at radius 3 is 2.05 bits per heavy atom. The number of aryl methyl sites for hydroxylation is 1. The Hall–Kier alpha value is -0.860. The van der Waals surface area contributed by atoms with Crippen LogP contribution in [-0.4, -0.2) is 24.0 Å². The second-order valence-electron chi connectivity index (χ2n) is 5.90. The molecule has 0 aromatic heterocycles. The minimum Gasteiger partial charge on any atom is -0.326 e. The third-order valence-corrected chi connectivity index (χ3v) is 4.00. The van der Waals surface area contributed by atoms with E-state index in [4.69, 9.17) is 5.73 Å². The molecule has 0 aliphatic rings. The summed E-state index contributed by atoms with van der Waals surface area (Å²) in [5.41, 5.74) is 9.09. The van der Waals surface area contributed by atoms with Gasteiger partial charge in [0.1, 0.15) is 0 Å². The van der Waals surface area contributed by atoms with Crippen molar-refractivity contribution < 1.29 is 0 Å². The Balaban J connectivity index is 2.97. The molecule has 0 fully saturated rings. The predicted octanol–water partition coefficient (Wildman–Crippen LogP) is 4.29. The van der Waals surface area contributed by atoms with Crippen LogP contribution in [0.5, 0.6) is 0 Å². The monoisotopic (exact) mass is 276 g/mol. The number of unbranched alkanes of at least 4 members (excludes halogenated alkanes) is 2. The fourth-order valence-electron chi connectivity index (χ4n) is 2.84. The minimum atomic E-state index is 0.157. The van der Waals surface area contributed by atoms with Gasteiger partial charge in [0.15, 0.2) is 0 Å². The van der Waals surface area contributed by atoms with E-state index in [1.165, 1.54) is 36.8 Å². The van der Waals surface area contributed by atoms with Crippen molar-refractivity contribution >= 4 is 0 Å². The molecule has 0 aliphatic carbocycles. The van der Waals surface area contributed by atoms with E-state index >= 15 is 0 Å². The zero-order valence-electron chi connectivity index (χ0n) is 13.7. The van der Waals surface area contributed by atoms with Gasteiger partial charge in [-0.1, -0.05) is 51.0 Å². The molecule has 0 saturated carbocycles. The SMILES string of the molecule is CCCCN(CCCC)C(c1ccccc1C)C(C)N. The lowest BCUT2D eigenvalue weighted by Crippen LogP contribution is -2.41. The van der Waals surface area contributed by atoms with Gasteiger partial charge < -0.3 is 5.73 Å². The van der Waals surface area contributed by atoms with E-state index in [-0.39, 0.29) is 6.04 Å². The van der Waals surface area contributed by atoms with E-state index in [9.17, 15) is 0 Å². The average molecular weight is 276 g/mol. The van der Waals surface area contributed by atoms with Crippen molar-refractivity contribution in [1.29, 1.82) is 0 Å². The van der Waals surface area contributed by atoms with Gasteiger partial charge in [-0.2, -0.15) is 0 Å². The number of benzene rings is 1. The van der Waals surface area contributed by atoms with Crippen LogP contribution in [0.15, 0.2) is 24.3 Å². The molecule has 1 aromatic carbocycles. The minimum absolute atomic E-state index is 0.157. The van der Waals surface area contributed by atoms with Gasteiger partial charge in [0.25, 0.3) is 0 Å². The maximum absolute atomic E-state index is 6.34. The zero-order chi connectivity index (χ0) is 15.0. The molecular weight excluding hydrogens is 244 g/mol. The molecule has 2 heteroatoms. The fraction of sp³-hybridized carbons (Fsp3) is 0.667. The van der Waals surface area contributed by atoms with E-state index in [1.54, 1.807) is 0 Å². The average Bonchev–Trinajstić information content (AvgIpc) is 2.43. The van der Waals surface area contributed by atoms with Crippen molar-refractivity contribution in [3.8, 4) is 0 Å². The summed E-state index contributed by atoms with van der Waals surface area (Å²) in [7, 11) is 0. The molecular formula is C18H32N2. The summed E-state index contributed by atoms with van der Waals surface area (Å²) in [4.78, 5) is 2.60. The van der Waals surface area contributed by atoms with Crippen molar-refractivity contribution in [3.05, 3.63) is 35.4 Å². The largest absolute Gasteiger partial charge is 0.326 e. The van der Waals surface area contributed by atoms with E-state index < -0.39 is 0 Å². The molecule has 2 nitrogen and oxygen atoms in total. The maximum atomic E-state index is 6.34. The van der Waals surface area contributed by atoms with Gasteiger partial charge in [-0.3, -0.25) is 4.90 Å². The summed E-state index contributed by atoms with van der Waals surface area (Å²) in [5.74, 6) is 0. The van der Waals surface area contributed by atoms with E-state index in [2.05, 4.69) is 56.9 Å². The van der Waals surface area contributed by atoms with Crippen molar-refractivity contribution in [2.75, 3.05) is 13.1 Å². The van der Waals surface area contributed by atoms with Crippen LogP contribution >= 0.6 is 0 Å². The molecule has 114 valence electrons. The summed E-state index contributed by atoms with van der Waals surface area (Å²) >= 11 is 0. The lowest BCUT2D eigenvalue weighted by atomic mass is 9.94. The number of rotatable bonds is 9. The number of hydrogen-bond acceptors (Lipinski definition) is 2. The van der Waals surface area contributed by atoms with Crippen LogP contribution in [0, 0.1) is 6.92 Å². The van der Waals surface area contributed by atoms with Gasteiger partial charge in [0, 0.05) is 12.1 Å². The van der Waals surface area contributed by atoms with Gasteiger partial charge >= 0.3 is 0 Å². The summed E-state index contributed by atoms with van der Waals surface area (Å²) in [6.07, 6.45) is 4.97. The smallest absolute Gasteiger partial charge is 0.0499 e. The van der Waals surface area contributed by atoms with Crippen molar-refractivity contribution in [1.82, 2.24) is 4.90 Å². The molecule has 0 saturated heterocycles. The van der Waals surface area contributed by atoms with Crippen LogP contribution in [0.1, 0.15) is 63.6 Å². The van der Waals surface area contributed by atoms with Gasteiger partial charge in [0.05, 0.1) is 0 Å². The first kappa shape index (κ1) is 17.2. The highest BCUT2D eigenvalue weighted by Crippen LogP contribution is 2.27. The third kappa shape index (κ3) is 4.92. The van der Waals surface area contributed by atoms with Gasteiger partial charge in [-0.05, 0) is 50.9 Å². The molecule has 20 heavy (non-hydrogen) atoms. The van der Waals surface area contributed by atoms with E-state index in [0.717, 1.165) is 13.1 Å². The zero-order valence-corrected chi connectivity index (χ0v) is 13.7. The molecule has 0 heterocycles.